The molecule has 2 aromatic carbocycles. The third kappa shape index (κ3) is 6.91. The third-order valence-corrected chi connectivity index (χ3v) is 7.00. The SMILES string of the molecule is COc1cc(/C=N\Nc2nc(N3CCOCC3)nc(N3CCOCC3)n2)ccc1OC(=O)c1ccccc1I. The molecule has 3 heterocycles. The number of hydrazone groups is 1. The summed E-state index contributed by atoms with van der Waals surface area (Å²) in [5.41, 5.74) is 4.14. The molecule has 2 aliphatic rings. The highest BCUT2D eigenvalue weighted by Gasteiger charge is 2.21. The molecule has 2 aliphatic heterocycles. The third-order valence-electron chi connectivity index (χ3n) is 6.06. The van der Waals surface area contributed by atoms with E-state index < -0.39 is 5.97 Å². The number of hydrogen-bond donors (Lipinski definition) is 1. The van der Waals surface area contributed by atoms with Gasteiger partial charge in [-0.15, -0.1) is 0 Å². The van der Waals surface area contributed by atoms with Crippen LogP contribution in [0.15, 0.2) is 47.6 Å². The van der Waals surface area contributed by atoms with Gasteiger partial charge in [0.25, 0.3) is 0 Å². The number of methoxy groups -OCH3 is 1. The van der Waals surface area contributed by atoms with Crippen molar-refractivity contribution < 1.29 is 23.7 Å². The second kappa shape index (κ2) is 13.0. The first kappa shape index (κ1) is 27.0. The quantitative estimate of drug-likeness (QED) is 0.128. The molecule has 0 radical (unpaired) electrons. The number of nitrogens with one attached hydrogen (secondary N) is 1. The molecule has 2 saturated heterocycles. The zero-order valence-electron chi connectivity index (χ0n) is 21.4. The predicted molar refractivity (Wildman–Crippen MR) is 154 cm³/mol. The van der Waals surface area contributed by atoms with Gasteiger partial charge >= 0.3 is 5.97 Å². The maximum Gasteiger partial charge on any atom is 0.344 e. The highest BCUT2D eigenvalue weighted by atomic mass is 127. The number of ether oxygens (including phenoxy) is 4. The minimum Gasteiger partial charge on any atom is -0.493 e. The summed E-state index contributed by atoms with van der Waals surface area (Å²) >= 11 is 2.10. The smallest absolute Gasteiger partial charge is 0.344 e. The Kier molecular flexibility index (Phi) is 9.00. The van der Waals surface area contributed by atoms with Crippen LogP contribution in [0, 0.1) is 3.57 Å². The normalized spacial score (nSPS) is 15.8. The fourth-order valence-corrected chi connectivity index (χ4v) is 4.62. The summed E-state index contributed by atoms with van der Waals surface area (Å²) in [6.45, 7) is 5.30. The topological polar surface area (TPSA) is 124 Å². The lowest BCUT2D eigenvalue weighted by Gasteiger charge is -2.30. The van der Waals surface area contributed by atoms with Gasteiger partial charge in [0.1, 0.15) is 0 Å². The first-order valence-electron chi connectivity index (χ1n) is 12.5. The maximum atomic E-state index is 12.6. The standard InChI is InChI=1S/C26H28IN7O5/c1-36-22-16-18(6-7-21(22)39-23(35)19-4-2-3-5-20(19)27)17-28-32-24-29-25(33-8-12-37-13-9-33)31-26(30-24)34-10-14-38-15-11-34/h2-7,16-17H,8-15H2,1H3,(H,29,30,31,32)/b28-17-. The summed E-state index contributed by atoms with van der Waals surface area (Å²) in [5, 5.41) is 4.33. The van der Waals surface area contributed by atoms with Crippen LogP contribution in [0.5, 0.6) is 11.5 Å². The van der Waals surface area contributed by atoms with Crippen molar-refractivity contribution in [2.24, 2.45) is 5.10 Å². The average molecular weight is 645 g/mol. The lowest BCUT2D eigenvalue weighted by molar-refractivity contribution is 0.0728. The first-order chi connectivity index (χ1) is 19.1. The molecule has 1 aromatic heterocycles. The van der Waals surface area contributed by atoms with Gasteiger partial charge in [0.15, 0.2) is 11.5 Å². The van der Waals surface area contributed by atoms with Gasteiger partial charge in [0.2, 0.25) is 17.8 Å². The first-order valence-corrected chi connectivity index (χ1v) is 13.5. The number of carbonyl (C=O) groups excluding carboxylic acids is 1. The van der Waals surface area contributed by atoms with E-state index in [9.17, 15) is 4.79 Å². The van der Waals surface area contributed by atoms with Gasteiger partial charge in [-0.2, -0.15) is 20.1 Å². The fraction of sp³-hybridized carbons (Fsp3) is 0.346. The maximum absolute atomic E-state index is 12.6. The summed E-state index contributed by atoms with van der Waals surface area (Å²) in [4.78, 5) is 30.7. The van der Waals surface area contributed by atoms with Crippen LogP contribution in [0.2, 0.25) is 0 Å². The van der Waals surface area contributed by atoms with E-state index in [1.54, 1.807) is 36.5 Å². The molecule has 0 atom stereocenters. The van der Waals surface area contributed by atoms with Gasteiger partial charge in [-0.3, -0.25) is 0 Å². The van der Waals surface area contributed by atoms with Gasteiger partial charge in [-0.25, -0.2) is 10.2 Å². The van der Waals surface area contributed by atoms with Crippen molar-refractivity contribution in [3.05, 3.63) is 57.2 Å². The van der Waals surface area contributed by atoms with Crippen molar-refractivity contribution in [1.82, 2.24) is 15.0 Å². The number of nitrogens with zero attached hydrogens (tertiary/aromatic N) is 6. The highest BCUT2D eigenvalue weighted by molar-refractivity contribution is 14.1. The van der Waals surface area contributed by atoms with Crippen LogP contribution < -0.4 is 24.7 Å². The van der Waals surface area contributed by atoms with Crippen LogP contribution in [-0.2, 0) is 9.47 Å². The number of carbonyl (C=O) groups is 1. The number of rotatable bonds is 8. The van der Waals surface area contributed by atoms with Crippen LogP contribution in [0.4, 0.5) is 17.8 Å². The Morgan fingerprint density at radius 3 is 2.21 bits per heavy atom. The molecule has 2 fully saturated rings. The van der Waals surface area contributed by atoms with Crippen molar-refractivity contribution in [2.75, 3.05) is 74.9 Å². The molecule has 39 heavy (non-hydrogen) atoms. The van der Waals surface area contributed by atoms with E-state index in [1.807, 2.05) is 12.1 Å². The molecule has 0 spiro atoms. The van der Waals surface area contributed by atoms with E-state index in [2.05, 4.69) is 52.9 Å². The molecule has 0 saturated carbocycles. The van der Waals surface area contributed by atoms with E-state index in [1.165, 1.54) is 7.11 Å². The molecule has 0 bridgehead atoms. The molecule has 13 heteroatoms. The number of hydrogen-bond acceptors (Lipinski definition) is 12. The summed E-state index contributed by atoms with van der Waals surface area (Å²) in [6.07, 6.45) is 1.61. The van der Waals surface area contributed by atoms with Crippen molar-refractivity contribution in [2.45, 2.75) is 0 Å². The monoisotopic (exact) mass is 645 g/mol. The van der Waals surface area contributed by atoms with Crippen molar-refractivity contribution in [3.63, 3.8) is 0 Å². The molecule has 12 nitrogen and oxygen atoms in total. The van der Waals surface area contributed by atoms with E-state index in [4.69, 9.17) is 23.9 Å². The minimum absolute atomic E-state index is 0.315. The van der Waals surface area contributed by atoms with E-state index in [-0.39, 0.29) is 0 Å². The van der Waals surface area contributed by atoms with Gasteiger partial charge in [-0.05, 0) is 58.5 Å². The Balaban J connectivity index is 1.31. The van der Waals surface area contributed by atoms with Crippen molar-refractivity contribution in [3.8, 4) is 11.5 Å². The van der Waals surface area contributed by atoms with Gasteiger partial charge in [-0.1, -0.05) is 12.1 Å². The summed E-state index contributed by atoms with van der Waals surface area (Å²) in [7, 11) is 1.52. The van der Waals surface area contributed by atoms with Crippen LogP contribution in [0.3, 0.4) is 0 Å². The van der Waals surface area contributed by atoms with Gasteiger partial charge in [0, 0.05) is 29.7 Å². The molecular formula is C26H28IN7O5. The fourth-order valence-electron chi connectivity index (χ4n) is 4.01. The molecule has 1 N–H and O–H groups in total. The second-order valence-electron chi connectivity index (χ2n) is 8.61. The number of morpholine rings is 2. The highest BCUT2D eigenvalue weighted by Crippen LogP contribution is 2.29. The average Bonchev–Trinajstić information content (AvgIpc) is 2.98. The lowest BCUT2D eigenvalue weighted by atomic mass is 10.2. The van der Waals surface area contributed by atoms with Gasteiger partial charge in [0.05, 0.1) is 45.3 Å². The molecule has 204 valence electrons. The molecule has 0 unspecified atom stereocenters. The summed E-state index contributed by atoms with van der Waals surface area (Å²) in [5.74, 6) is 1.75. The Morgan fingerprint density at radius 1 is 0.949 bits per heavy atom. The number of benzene rings is 2. The van der Waals surface area contributed by atoms with Crippen molar-refractivity contribution >= 4 is 52.6 Å². The van der Waals surface area contributed by atoms with Crippen LogP contribution in [-0.4, -0.2) is 86.9 Å². The predicted octanol–water partition coefficient (Wildman–Crippen LogP) is 2.82. The minimum atomic E-state index is -0.455. The van der Waals surface area contributed by atoms with Gasteiger partial charge < -0.3 is 28.7 Å². The van der Waals surface area contributed by atoms with E-state index in [0.717, 1.165) is 9.13 Å². The molecule has 0 amide bonds. The Labute approximate surface area is 239 Å². The van der Waals surface area contributed by atoms with Crippen LogP contribution in [0.25, 0.3) is 0 Å². The molecular weight excluding hydrogens is 617 g/mol. The van der Waals surface area contributed by atoms with Crippen LogP contribution in [0.1, 0.15) is 15.9 Å². The number of halogens is 1. The summed E-state index contributed by atoms with van der Waals surface area (Å²) < 4.78 is 22.8. The number of esters is 1. The Hall–Kier alpha value is -3.56. The Bertz CT molecular complexity index is 1290. The second-order valence-corrected chi connectivity index (χ2v) is 9.77. The van der Waals surface area contributed by atoms with E-state index >= 15 is 0 Å². The molecule has 3 aromatic rings. The molecule has 0 aliphatic carbocycles. The number of aromatic nitrogens is 3. The summed E-state index contributed by atoms with van der Waals surface area (Å²) in [6, 6.07) is 12.4. The number of anilines is 3. The zero-order valence-corrected chi connectivity index (χ0v) is 23.5. The zero-order chi connectivity index (χ0) is 27.0. The lowest BCUT2D eigenvalue weighted by Crippen LogP contribution is -2.40. The van der Waals surface area contributed by atoms with Crippen LogP contribution >= 0.6 is 22.6 Å². The Morgan fingerprint density at radius 2 is 1.59 bits per heavy atom. The molecule has 5 rings (SSSR count). The van der Waals surface area contributed by atoms with E-state index in [0.29, 0.717) is 87.5 Å². The van der Waals surface area contributed by atoms with Crippen molar-refractivity contribution in [1.29, 1.82) is 0 Å². The largest absolute Gasteiger partial charge is 0.493 e.